The van der Waals surface area contributed by atoms with Crippen molar-refractivity contribution in [3.05, 3.63) is 48.6 Å². The summed E-state index contributed by atoms with van der Waals surface area (Å²) in [6, 6.07) is 6.14. The molecule has 1 N–H and O–H groups in total. The molecule has 0 aliphatic carbocycles. The molecule has 0 amide bonds. The summed E-state index contributed by atoms with van der Waals surface area (Å²) >= 11 is 0. The van der Waals surface area contributed by atoms with Crippen LogP contribution in [0.15, 0.2) is 48.0 Å². The summed E-state index contributed by atoms with van der Waals surface area (Å²) in [4.78, 5) is 6.23. The Kier molecular flexibility index (Phi) is 1.44. The Morgan fingerprint density at radius 1 is 1.21 bits per heavy atom. The summed E-state index contributed by atoms with van der Waals surface area (Å²) in [6.07, 6.45) is 9.51. The van der Waals surface area contributed by atoms with Crippen molar-refractivity contribution in [2.45, 2.75) is 0 Å². The summed E-state index contributed by atoms with van der Waals surface area (Å²) in [7, 11) is 0. The zero-order valence-electron chi connectivity index (χ0n) is 7.51. The highest BCUT2D eigenvalue weighted by Crippen LogP contribution is 2.33. The van der Waals surface area contributed by atoms with Gasteiger partial charge in [0.15, 0.2) is 0 Å². The fraction of sp³-hybridized carbons (Fsp3) is 0. The van der Waals surface area contributed by atoms with Crippen LogP contribution in [0, 0.1) is 0 Å². The highest BCUT2D eigenvalue weighted by molar-refractivity contribution is 5.96. The largest absolute Gasteiger partial charge is 0.359 e. The summed E-state index contributed by atoms with van der Waals surface area (Å²) < 4.78 is 0. The van der Waals surface area contributed by atoms with Crippen molar-refractivity contribution in [3.8, 4) is 0 Å². The van der Waals surface area contributed by atoms with Gasteiger partial charge in [0.2, 0.25) is 0 Å². The zero-order chi connectivity index (χ0) is 9.38. The molecule has 0 unspecified atom stereocenters. The molecule has 14 heavy (non-hydrogen) atoms. The first-order valence-corrected chi connectivity index (χ1v) is 4.49. The molecule has 1 aromatic carbocycles. The van der Waals surface area contributed by atoms with Crippen LogP contribution in [0.4, 0.5) is 11.4 Å². The Morgan fingerprint density at radius 3 is 3.21 bits per heavy atom. The van der Waals surface area contributed by atoms with E-state index < -0.39 is 0 Å². The van der Waals surface area contributed by atoms with E-state index in [2.05, 4.69) is 27.3 Å². The highest BCUT2D eigenvalue weighted by atomic mass is 15.2. The SMILES string of the molecule is C1=CN2C=CNc3cccc(c32)C=N1. The molecule has 1 aromatic rings. The summed E-state index contributed by atoms with van der Waals surface area (Å²) in [5, 5.41) is 3.21. The average molecular weight is 183 g/mol. The van der Waals surface area contributed by atoms with Crippen LogP contribution in [0.3, 0.4) is 0 Å². The van der Waals surface area contributed by atoms with Gasteiger partial charge in [-0.05, 0) is 6.07 Å². The number of nitrogens with zero attached hydrogens (tertiary/aromatic N) is 2. The third-order valence-corrected chi connectivity index (χ3v) is 2.33. The van der Waals surface area contributed by atoms with E-state index in [0.29, 0.717) is 0 Å². The van der Waals surface area contributed by atoms with Crippen LogP contribution >= 0.6 is 0 Å². The van der Waals surface area contributed by atoms with E-state index in [0.717, 1.165) is 16.9 Å². The number of anilines is 2. The van der Waals surface area contributed by atoms with Crippen LogP contribution in [0.5, 0.6) is 0 Å². The van der Waals surface area contributed by atoms with Crippen molar-refractivity contribution in [2.24, 2.45) is 4.99 Å². The minimum absolute atomic E-state index is 1.11. The van der Waals surface area contributed by atoms with Crippen LogP contribution in [-0.4, -0.2) is 6.21 Å². The van der Waals surface area contributed by atoms with Gasteiger partial charge in [0, 0.05) is 36.6 Å². The quantitative estimate of drug-likeness (QED) is 0.668. The maximum atomic E-state index is 4.17. The molecule has 0 radical (unpaired) electrons. The molecular formula is C11H9N3. The molecule has 3 rings (SSSR count). The van der Waals surface area contributed by atoms with Gasteiger partial charge < -0.3 is 10.2 Å². The Morgan fingerprint density at radius 2 is 2.21 bits per heavy atom. The number of rotatable bonds is 0. The predicted octanol–water partition coefficient (Wildman–Crippen LogP) is 2.29. The normalized spacial score (nSPS) is 16.1. The van der Waals surface area contributed by atoms with Crippen molar-refractivity contribution in [2.75, 3.05) is 10.2 Å². The third kappa shape index (κ3) is 0.956. The first-order chi connectivity index (χ1) is 6.95. The molecule has 0 spiro atoms. The Bertz CT molecular complexity index is 458. The molecule has 2 aliphatic rings. The van der Waals surface area contributed by atoms with E-state index in [-0.39, 0.29) is 0 Å². The summed E-state index contributed by atoms with van der Waals surface area (Å²) in [5.41, 5.74) is 3.40. The van der Waals surface area contributed by atoms with E-state index in [1.807, 2.05) is 30.9 Å². The molecule has 0 saturated carbocycles. The minimum atomic E-state index is 1.11. The van der Waals surface area contributed by atoms with Crippen molar-refractivity contribution < 1.29 is 0 Å². The van der Waals surface area contributed by atoms with Gasteiger partial charge in [-0.3, -0.25) is 4.99 Å². The van der Waals surface area contributed by atoms with Gasteiger partial charge in [0.05, 0.1) is 11.4 Å². The van der Waals surface area contributed by atoms with Gasteiger partial charge in [-0.1, -0.05) is 12.1 Å². The van der Waals surface area contributed by atoms with Crippen LogP contribution in [-0.2, 0) is 0 Å². The van der Waals surface area contributed by atoms with Crippen LogP contribution in [0.1, 0.15) is 5.56 Å². The number of nitrogens with one attached hydrogen (secondary N) is 1. The molecule has 0 saturated heterocycles. The Hall–Kier alpha value is -2.03. The van der Waals surface area contributed by atoms with Gasteiger partial charge in [-0.2, -0.15) is 0 Å². The first-order valence-electron chi connectivity index (χ1n) is 4.49. The van der Waals surface area contributed by atoms with E-state index in [1.54, 1.807) is 6.20 Å². The fourth-order valence-electron chi connectivity index (χ4n) is 1.71. The lowest BCUT2D eigenvalue weighted by molar-refractivity contribution is 1.24. The van der Waals surface area contributed by atoms with E-state index >= 15 is 0 Å². The fourth-order valence-corrected chi connectivity index (χ4v) is 1.71. The molecule has 2 heterocycles. The lowest BCUT2D eigenvalue weighted by atomic mass is 10.1. The lowest BCUT2D eigenvalue weighted by Gasteiger charge is -2.24. The smallest absolute Gasteiger partial charge is 0.0776 e. The van der Waals surface area contributed by atoms with Crippen molar-refractivity contribution in [1.29, 1.82) is 0 Å². The van der Waals surface area contributed by atoms with Gasteiger partial charge in [-0.25, -0.2) is 0 Å². The first kappa shape index (κ1) is 7.38. The monoisotopic (exact) mass is 183 g/mol. The molecule has 2 aliphatic heterocycles. The molecule has 0 aromatic heterocycles. The maximum Gasteiger partial charge on any atom is 0.0776 e. The number of benzene rings is 1. The molecule has 3 heteroatoms. The number of para-hydroxylation sites is 1. The van der Waals surface area contributed by atoms with Crippen molar-refractivity contribution in [1.82, 2.24) is 0 Å². The van der Waals surface area contributed by atoms with Gasteiger partial charge >= 0.3 is 0 Å². The molecule has 0 atom stereocenters. The molecule has 68 valence electrons. The standard InChI is InChI=1S/C11H9N3/c1-2-9-8-12-4-6-14-7-5-13-10(3-1)11(9)14/h1-8,13H. The van der Waals surface area contributed by atoms with Gasteiger partial charge in [0.25, 0.3) is 0 Å². The van der Waals surface area contributed by atoms with E-state index in [4.69, 9.17) is 0 Å². The molecule has 0 fully saturated rings. The summed E-state index contributed by atoms with van der Waals surface area (Å²) in [5.74, 6) is 0. The third-order valence-electron chi connectivity index (χ3n) is 2.33. The number of hydrogen-bond acceptors (Lipinski definition) is 3. The van der Waals surface area contributed by atoms with Crippen LogP contribution < -0.4 is 10.2 Å². The Labute approximate surface area is 82.1 Å². The van der Waals surface area contributed by atoms with Crippen molar-refractivity contribution >= 4 is 17.6 Å². The zero-order valence-corrected chi connectivity index (χ0v) is 7.51. The molecule has 3 nitrogen and oxygen atoms in total. The molecule has 0 bridgehead atoms. The minimum Gasteiger partial charge on any atom is -0.359 e. The van der Waals surface area contributed by atoms with Crippen molar-refractivity contribution in [3.63, 3.8) is 0 Å². The second-order valence-electron chi connectivity index (χ2n) is 3.19. The topological polar surface area (TPSA) is 27.6 Å². The lowest BCUT2D eigenvalue weighted by Crippen LogP contribution is -2.15. The van der Waals surface area contributed by atoms with Crippen LogP contribution in [0.2, 0.25) is 0 Å². The number of aliphatic imine (C=N–C) groups is 1. The van der Waals surface area contributed by atoms with E-state index in [1.165, 1.54) is 0 Å². The second kappa shape index (κ2) is 2.73. The predicted molar refractivity (Wildman–Crippen MR) is 58.4 cm³/mol. The average Bonchev–Trinajstić information content (AvgIpc) is 2.44. The van der Waals surface area contributed by atoms with Gasteiger partial charge in [0.1, 0.15) is 0 Å². The highest BCUT2D eigenvalue weighted by Gasteiger charge is 2.14. The second-order valence-corrected chi connectivity index (χ2v) is 3.19. The Balaban J connectivity index is 2.30. The maximum absolute atomic E-state index is 4.17. The summed E-state index contributed by atoms with van der Waals surface area (Å²) in [6.45, 7) is 0. The van der Waals surface area contributed by atoms with E-state index in [9.17, 15) is 0 Å². The van der Waals surface area contributed by atoms with Crippen LogP contribution in [0.25, 0.3) is 0 Å². The number of hydrogen-bond donors (Lipinski definition) is 1. The molecular weight excluding hydrogens is 174 g/mol. The van der Waals surface area contributed by atoms with Gasteiger partial charge in [-0.15, -0.1) is 0 Å².